The maximum absolute atomic E-state index is 6.05. The van der Waals surface area contributed by atoms with Gasteiger partial charge in [0.15, 0.2) is 0 Å². The van der Waals surface area contributed by atoms with Gasteiger partial charge in [-0.15, -0.1) is 28.2 Å². The molecule has 0 radical (unpaired) electrons. The molecule has 11 heteroatoms. The summed E-state index contributed by atoms with van der Waals surface area (Å²) in [6, 6.07) is 8.78. The molecule has 3 aliphatic rings. The Morgan fingerprint density at radius 1 is 1.02 bits per heavy atom. The summed E-state index contributed by atoms with van der Waals surface area (Å²) in [5.74, 6) is 3.02. The van der Waals surface area contributed by atoms with E-state index in [1.54, 1.807) is 18.4 Å². The third-order valence-electron chi connectivity index (χ3n) is 8.77. The SMILES string of the molecule is COc1nnc(-c2c(CCC3CCOCC3)nc3c(c2-c2cc4ccnc(NC5CCc6ncccc65)c4s2)SCC3)o1. The zero-order valence-corrected chi connectivity index (χ0v) is 25.6. The van der Waals surface area contributed by atoms with Crippen LogP contribution >= 0.6 is 23.1 Å². The minimum atomic E-state index is 0.155. The van der Waals surface area contributed by atoms with E-state index in [4.69, 9.17) is 23.9 Å². The molecule has 2 aliphatic heterocycles. The van der Waals surface area contributed by atoms with Crippen molar-refractivity contribution in [2.75, 3.05) is 31.4 Å². The van der Waals surface area contributed by atoms with E-state index in [1.165, 1.54) is 21.8 Å². The predicted molar refractivity (Wildman–Crippen MR) is 168 cm³/mol. The van der Waals surface area contributed by atoms with Crippen LogP contribution in [0.3, 0.4) is 0 Å². The molecule has 0 saturated carbocycles. The Balaban J connectivity index is 1.23. The van der Waals surface area contributed by atoms with Gasteiger partial charge in [0.25, 0.3) is 5.89 Å². The number of pyridine rings is 3. The van der Waals surface area contributed by atoms with Crippen LogP contribution in [-0.2, 0) is 24.0 Å². The number of ether oxygens (including phenoxy) is 2. The molecule has 1 N–H and O–H groups in total. The largest absolute Gasteiger partial charge is 0.452 e. The molecular weight excluding hydrogens is 581 g/mol. The fourth-order valence-corrected chi connectivity index (χ4v) is 8.98. The second-order valence-electron chi connectivity index (χ2n) is 11.3. The standard InChI is InChI=1S/C32H32N6O3S2/c1-39-32-38-37-31(41-32)26-23(5-4-18-9-14-40-15-10-18)35-24-11-16-42-29(24)27(26)25-17-19-8-13-34-30(28(19)43-25)36-22-7-6-21-20(22)3-2-12-33-21/h2-3,8,12-13,17-18,22H,4-7,9-11,14-16H2,1H3,(H,34,36). The Bertz CT molecular complexity index is 1800. The third kappa shape index (κ3) is 5.07. The molecule has 0 bridgehead atoms. The van der Waals surface area contributed by atoms with Gasteiger partial charge in [0, 0.05) is 58.8 Å². The number of nitrogens with one attached hydrogen (secondary N) is 1. The first-order valence-corrected chi connectivity index (χ1v) is 16.8. The molecule has 8 rings (SSSR count). The number of aryl methyl sites for hydroxylation is 3. The molecular formula is C32H32N6O3S2. The molecule has 220 valence electrons. The van der Waals surface area contributed by atoms with Crippen molar-refractivity contribution >= 4 is 39.0 Å². The molecule has 1 saturated heterocycles. The molecule has 0 spiro atoms. The van der Waals surface area contributed by atoms with E-state index in [-0.39, 0.29) is 12.1 Å². The summed E-state index contributed by atoms with van der Waals surface area (Å²) in [5, 5.41) is 13.5. The number of hydrogen-bond acceptors (Lipinski definition) is 11. The highest BCUT2D eigenvalue weighted by atomic mass is 32.2. The lowest BCUT2D eigenvalue weighted by Gasteiger charge is -2.22. The van der Waals surface area contributed by atoms with Crippen LogP contribution in [0, 0.1) is 5.92 Å². The first-order chi connectivity index (χ1) is 21.2. The molecule has 1 fully saturated rings. The van der Waals surface area contributed by atoms with E-state index < -0.39 is 0 Å². The number of hydrogen-bond donors (Lipinski definition) is 1. The summed E-state index contributed by atoms with van der Waals surface area (Å²) in [5.41, 5.74) is 6.71. The van der Waals surface area contributed by atoms with Gasteiger partial charge in [-0.3, -0.25) is 9.97 Å². The number of aromatic nitrogens is 5. The summed E-state index contributed by atoms with van der Waals surface area (Å²) in [7, 11) is 1.55. The summed E-state index contributed by atoms with van der Waals surface area (Å²) in [4.78, 5) is 17.0. The molecule has 1 aliphatic carbocycles. The van der Waals surface area contributed by atoms with E-state index in [2.05, 4.69) is 38.7 Å². The molecule has 5 aromatic rings. The molecule has 0 aromatic carbocycles. The van der Waals surface area contributed by atoms with Crippen molar-refractivity contribution in [3.05, 3.63) is 59.3 Å². The number of fused-ring (bicyclic) bond motifs is 3. The first kappa shape index (κ1) is 27.0. The quantitative estimate of drug-likeness (QED) is 0.198. The summed E-state index contributed by atoms with van der Waals surface area (Å²) in [6.45, 7) is 1.68. The van der Waals surface area contributed by atoms with E-state index in [0.717, 1.165) is 102 Å². The fourth-order valence-electron chi connectivity index (χ4n) is 6.58. The van der Waals surface area contributed by atoms with Gasteiger partial charge in [0.1, 0.15) is 5.82 Å². The lowest BCUT2D eigenvalue weighted by molar-refractivity contribution is 0.0639. The van der Waals surface area contributed by atoms with Crippen LogP contribution in [0.2, 0.25) is 0 Å². The van der Waals surface area contributed by atoms with Crippen molar-refractivity contribution in [3.63, 3.8) is 0 Å². The Hall–Kier alpha value is -3.54. The lowest BCUT2D eigenvalue weighted by Crippen LogP contribution is -2.16. The average molecular weight is 613 g/mol. The van der Waals surface area contributed by atoms with Gasteiger partial charge in [-0.1, -0.05) is 11.2 Å². The van der Waals surface area contributed by atoms with Gasteiger partial charge in [-0.05, 0) is 73.6 Å². The van der Waals surface area contributed by atoms with Crippen LogP contribution in [0.4, 0.5) is 5.82 Å². The summed E-state index contributed by atoms with van der Waals surface area (Å²) >= 11 is 3.63. The number of rotatable bonds is 8. The highest BCUT2D eigenvalue weighted by Crippen LogP contribution is 2.50. The number of thioether (sulfide) groups is 1. The van der Waals surface area contributed by atoms with Crippen molar-refractivity contribution in [2.45, 2.75) is 55.9 Å². The predicted octanol–water partition coefficient (Wildman–Crippen LogP) is 6.92. The highest BCUT2D eigenvalue weighted by Gasteiger charge is 2.31. The van der Waals surface area contributed by atoms with Gasteiger partial charge in [0.2, 0.25) is 0 Å². The zero-order chi connectivity index (χ0) is 28.8. The second-order valence-corrected chi connectivity index (χ2v) is 13.5. The van der Waals surface area contributed by atoms with E-state index in [1.807, 2.05) is 30.2 Å². The maximum Gasteiger partial charge on any atom is 0.414 e. The zero-order valence-electron chi connectivity index (χ0n) is 24.0. The Labute approximate surface area is 257 Å². The van der Waals surface area contributed by atoms with Gasteiger partial charge >= 0.3 is 6.08 Å². The van der Waals surface area contributed by atoms with Crippen LogP contribution in [-0.4, -0.2) is 51.2 Å². The highest BCUT2D eigenvalue weighted by molar-refractivity contribution is 7.99. The minimum absolute atomic E-state index is 0.155. The molecule has 0 amide bonds. The van der Waals surface area contributed by atoms with E-state index in [0.29, 0.717) is 11.8 Å². The smallest absolute Gasteiger partial charge is 0.414 e. The number of anilines is 1. The van der Waals surface area contributed by atoms with Crippen molar-refractivity contribution in [2.24, 2.45) is 5.92 Å². The average Bonchev–Trinajstić information content (AvgIpc) is 3.86. The van der Waals surface area contributed by atoms with Crippen molar-refractivity contribution in [1.82, 2.24) is 25.1 Å². The van der Waals surface area contributed by atoms with Crippen molar-refractivity contribution < 1.29 is 13.9 Å². The second kappa shape index (κ2) is 11.5. The van der Waals surface area contributed by atoms with Crippen molar-refractivity contribution in [3.8, 4) is 28.0 Å². The number of methoxy groups -OCH3 is 1. The van der Waals surface area contributed by atoms with Gasteiger partial charge < -0.3 is 19.2 Å². The normalized spacial score (nSPS) is 18.2. The van der Waals surface area contributed by atoms with Gasteiger partial charge in [-0.2, -0.15) is 0 Å². The Morgan fingerprint density at radius 2 is 1.95 bits per heavy atom. The van der Waals surface area contributed by atoms with Crippen LogP contribution < -0.4 is 10.1 Å². The molecule has 43 heavy (non-hydrogen) atoms. The monoisotopic (exact) mass is 612 g/mol. The van der Waals surface area contributed by atoms with Gasteiger partial charge in [0.05, 0.1) is 34.8 Å². The summed E-state index contributed by atoms with van der Waals surface area (Å²) in [6.07, 6.45) is 11.0. The van der Waals surface area contributed by atoms with Crippen LogP contribution in [0.25, 0.3) is 32.0 Å². The molecule has 1 unspecified atom stereocenters. The maximum atomic E-state index is 6.05. The Kier molecular flexibility index (Phi) is 7.24. The van der Waals surface area contributed by atoms with Crippen LogP contribution in [0.5, 0.6) is 6.08 Å². The summed E-state index contributed by atoms with van der Waals surface area (Å²) < 4.78 is 18.1. The van der Waals surface area contributed by atoms with E-state index in [9.17, 15) is 0 Å². The molecule has 9 nitrogen and oxygen atoms in total. The Morgan fingerprint density at radius 3 is 2.84 bits per heavy atom. The minimum Gasteiger partial charge on any atom is -0.452 e. The van der Waals surface area contributed by atoms with Gasteiger partial charge in [-0.25, -0.2) is 4.98 Å². The molecule has 7 heterocycles. The van der Waals surface area contributed by atoms with Crippen LogP contribution in [0.15, 0.2) is 46.0 Å². The topological polar surface area (TPSA) is 108 Å². The fraction of sp³-hybridized carbons (Fsp3) is 0.406. The first-order valence-electron chi connectivity index (χ1n) is 15.0. The number of nitrogens with zero attached hydrogens (tertiary/aromatic N) is 5. The third-order valence-corrected chi connectivity index (χ3v) is 11.1. The molecule has 1 atom stereocenters. The van der Waals surface area contributed by atoms with Crippen molar-refractivity contribution in [1.29, 1.82) is 0 Å². The van der Waals surface area contributed by atoms with E-state index >= 15 is 0 Å². The number of thiophene rings is 1. The lowest BCUT2D eigenvalue weighted by atomic mass is 9.91. The van der Waals surface area contributed by atoms with Crippen LogP contribution in [0.1, 0.15) is 54.4 Å². The molecule has 5 aromatic heterocycles.